The second-order valence-corrected chi connectivity index (χ2v) is 19.2. The maximum Gasteiger partial charge on any atom is 0.419 e. The summed E-state index contributed by atoms with van der Waals surface area (Å²) in [6.45, 7) is 14.9. The molecular formula is C46H54Cl3N5O10. The normalized spacial score (nSPS) is 13.2. The van der Waals surface area contributed by atoms with Crippen molar-refractivity contribution in [2.24, 2.45) is 0 Å². The molecule has 0 aliphatic rings. The highest BCUT2D eigenvalue weighted by Gasteiger charge is 2.35. The van der Waals surface area contributed by atoms with Crippen LogP contribution in [0.2, 0.25) is 15.1 Å². The Bertz CT molecular complexity index is 2380. The van der Waals surface area contributed by atoms with Crippen LogP contribution >= 0.6 is 34.8 Å². The molecule has 18 heteroatoms. The molecule has 3 aromatic carbocycles. The first-order valence-electron chi connectivity index (χ1n) is 20.4. The van der Waals surface area contributed by atoms with Gasteiger partial charge >= 0.3 is 18.0 Å². The van der Waals surface area contributed by atoms with Gasteiger partial charge in [-0.25, -0.2) is 9.36 Å². The number of rotatable bonds is 15. The number of para-hydroxylation sites is 1. The van der Waals surface area contributed by atoms with Gasteiger partial charge in [0.25, 0.3) is 5.91 Å². The van der Waals surface area contributed by atoms with E-state index in [0.29, 0.717) is 27.2 Å². The number of fused-ring (bicyclic) bond motifs is 1. The number of ether oxygens (including phenoxy) is 3. The van der Waals surface area contributed by atoms with Crippen molar-refractivity contribution in [2.45, 2.75) is 123 Å². The van der Waals surface area contributed by atoms with E-state index in [-0.39, 0.29) is 35.0 Å². The van der Waals surface area contributed by atoms with Gasteiger partial charge in [-0.3, -0.25) is 28.8 Å². The number of benzene rings is 3. The van der Waals surface area contributed by atoms with Crippen molar-refractivity contribution >= 4 is 93.1 Å². The molecule has 0 aliphatic heterocycles. The second-order valence-electron chi connectivity index (χ2n) is 17.9. The third-order valence-electron chi connectivity index (χ3n) is 8.77. The fourth-order valence-electron chi connectivity index (χ4n) is 6.18. The van der Waals surface area contributed by atoms with Gasteiger partial charge in [0.1, 0.15) is 40.6 Å². The van der Waals surface area contributed by atoms with Gasteiger partial charge in [-0.2, -0.15) is 0 Å². The molecule has 64 heavy (non-hydrogen) atoms. The van der Waals surface area contributed by atoms with Crippen LogP contribution in [0, 0.1) is 0 Å². The summed E-state index contributed by atoms with van der Waals surface area (Å²) in [5.41, 5.74) is -1.85. The number of aromatic nitrogens is 1. The summed E-state index contributed by atoms with van der Waals surface area (Å²) in [6, 6.07) is 14.4. The molecule has 0 fully saturated rings. The van der Waals surface area contributed by atoms with Crippen LogP contribution in [0.5, 0.6) is 0 Å². The van der Waals surface area contributed by atoms with Gasteiger partial charge in [0, 0.05) is 28.9 Å². The molecular weight excluding hydrogens is 889 g/mol. The van der Waals surface area contributed by atoms with Crippen molar-refractivity contribution in [3.8, 4) is 0 Å². The Morgan fingerprint density at radius 3 is 1.81 bits per heavy atom. The summed E-state index contributed by atoms with van der Waals surface area (Å²) in [5.74, 6) is -5.04. The minimum Gasteiger partial charge on any atom is -0.460 e. The molecule has 4 amide bonds. The summed E-state index contributed by atoms with van der Waals surface area (Å²) in [4.78, 5) is 96.5. The smallest absolute Gasteiger partial charge is 0.419 e. The monoisotopic (exact) mass is 941 g/mol. The molecule has 0 saturated heterocycles. The maximum absolute atomic E-state index is 14.5. The van der Waals surface area contributed by atoms with Gasteiger partial charge in [-0.05, 0) is 123 Å². The second kappa shape index (κ2) is 21.4. The SMILES string of the molecule is CC(C)(C)OC(=O)CC[C@H](NC(=O)[C@H](CC(=O)OC(C)(C)C)NC(=O)[C@H](Cc1ccc(Cl)c(Cl)c1)NC(=O)c1cc2cc(Cl)ccc2n1C(=O)OC(C)(C)C)C(=O)Nc1ccccc1. The van der Waals surface area contributed by atoms with Crippen LogP contribution in [0.25, 0.3) is 10.9 Å². The molecule has 1 heterocycles. The Labute approximate surface area is 387 Å². The Hall–Kier alpha value is -5.64. The summed E-state index contributed by atoms with van der Waals surface area (Å²) in [7, 11) is 0. The van der Waals surface area contributed by atoms with E-state index in [4.69, 9.17) is 49.0 Å². The van der Waals surface area contributed by atoms with Crippen LogP contribution in [-0.4, -0.2) is 81.2 Å². The van der Waals surface area contributed by atoms with E-state index < -0.39 is 83.0 Å². The topological polar surface area (TPSA) is 200 Å². The fraction of sp³-hybridized carbons (Fsp3) is 0.413. The zero-order valence-corrected chi connectivity index (χ0v) is 39.4. The third-order valence-corrected chi connectivity index (χ3v) is 9.75. The largest absolute Gasteiger partial charge is 0.460 e. The lowest BCUT2D eigenvalue weighted by Crippen LogP contribution is -2.57. The molecule has 344 valence electrons. The number of hydrogen-bond donors (Lipinski definition) is 4. The first-order valence-corrected chi connectivity index (χ1v) is 21.5. The van der Waals surface area contributed by atoms with E-state index in [2.05, 4.69) is 21.3 Å². The lowest BCUT2D eigenvalue weighted by molar-refractivity contribution is -0.156. The van der Waals surface area contributed by atoms with Crippen molar-refractivity contribution in [1.29, 1.82) is 0 Å². The van der Waals surface area contributed by atoms with Crippen LogP contribution in [0.4, 0.5) is 10.5 Å². The predicted molar refractivity (Wildman–Crippen MR) is 244 cm³/mol. The Kier molecular flexibility index (Phi) is 17.0. The molecule has 4 N–H and O–H groups in total. The molecule has 0 bridgehead atoms. The van der Waals surface area contributed by atoms with Gasteiger partial charge in [0.05, 0.1) is 22.0 Å². The summed E-state index contributed by atoms with van der Waals surface area (Å²) in [6.07, 6.45) is -2.33. The molecule has 0 aliphatic carbocycles. The molecule has 0 radical (unpaired) electrons. The number of carbonyl (C=O) groups is 7. The fourth-order valence-corrected chi connectivity index (χ4v) is 6.68. The molecule has 0 spiro atoms. The van der Waals surface area contributed by atoms with E-state index in [0.717, 1.165) is 4.57 Å². The molecule has 15 nitrogen and oxygen atoms in total. The van der Waals surface area contributed by atoms with Gasteiger partial charge in [-0.1, -0.05) is 59.1 Å². The van der Waals surface area contributed by atoms with E-state index in [1.54, 1.807) is 111 Å². The van der Waals surface area contributed by atoms with Crippen LogP contribution in [0.3, 0.4) is 0 Å². The number of amides is 4. The lowest BCUT2D eigenvalue weighted by Gasteiger charge is -2.27. The predicted octanol–water partition coefficient (Wildman–Crippen LogP) is 8.19. The minimum absolute atomic E-state index is 0.153. The molecule has 1 aromatic heterocycles. The van der Waals surface area contributed by atoms with Crippen LogP contribution in [0.1, 0.15) is 97.6 Å². The first kappa shape index (κ1) is 51.0. The standard InChI is InChI=1S/C46H54Cl3N5O10/c1-44(2,3)62-37(55)20-18-32(39(57)50-29-13-11-10-12-14-29)51-41(59)34(25-38(56)63-45(4,5)6)52-40(58)33(22-26-15-17-30(48)31(49)21-26)53-42(60)36-24-27-23-28(47)16-19-35(27)54(36)43(61)64-46(7,8)9/h10-17,19,21,23-24,32-34H,18,20,22,25H2,1-9H3,(H,50,57)(H,51,59)(H,52,58)(H,53,60)/t32-,33-,34-/m0/s1. The van der Waals surface area contributed by atoms with Crippen molar-refractivity contribution in [3.63, 3.8) is 0 Å². The van der Waals surface area contributed by atoms with Gasteiger partial charge < -0.3 is 35.5 Å². The highest BCUT2D eigenvalue weighted by molar-refractivity contribution is 6.42. The molecule has 4 rings (SSSR count). The Balaban J connectivity index is 1.73. The zero-order valence-electron chi connectivity index (χ0n) is 37.2. The van der Waals surface area contributed by atoms with Crippen molar-refractivity contribution in [3.05, 3.63) is 99.1 Å². The number of hydrogen-bond acceptors (Lipinski definition) is 10. The number of anilines is 1. The molecule has 3 atom stereocenters. The molecule has 0 saturated carbocycles. The quantitative estimate of drug-likeness (QED) is 0.0666. The summed E-state index contributed by atoms with van der Waals surface area (Å²) < 4.78 is 17.6. The number of halogens is 3. The van der Waals surface area contributed by atoms with Crippen molar-refractivity contribution in [2.75, 3.05) is 5.32 Å². The first-order chi connectivity index (χ1) is 29.7. The van der Waals surface area contributed by atoms with Crippen LogP contribution in [0.15, 0.2) is 72.8 Å². The number of esters is 2. The van der Waals surface area contributed by atoms with Gasteiger partial charge in [0.2, 0.25) is 17.7 Å². The third kappa shape index (κ3) is 15.9. The number of nitrogens with zero attached hydrogens (tertiary/aromatic N) is 1. The Morgan fingerprint density at radius 1 is 0.609 bits per heavy atom. The van der Waals surface area contributed by atoms with E-state index >= 15 is 0 Å². The van der Waals surface area contributed by atoms with Crippen molar-refractivity contribution in [1.82, 2.24) is 20.5 Å². The Morgan fingerprint density at radius 2 is 1.20 bits per heavy atom. The highest BCUT2D eigenvalue weighted by Crippen LogP contribution is 2.27. The maximum atomic E-state index is 14.5. The van der Waals surface area contributed by atoms with Gasteiger partial charge in [-0.15, -0.1) is 0 Å². The lowest BCUT2D eigenvalue weighted by atomic mass is 10.0. The molecule has 4 aromatic rings. The average Bonchev–Trinajstić information content (AvgIpc) is 3.54. The average molecular weight is 943 g/mol. The van der Waals surface area contributed by atoms with E-state index in [1.165, 1.54) is 24.3 Å². The summed E-state index contributed by atoms with van der Waals surface area (Å²) >= 11 is 18.8. The number of nitrogens with one attached hydrogen (secondary N) is 4. The van der Waals surface area contributed by atoms with Crippen molar-refractivity contribution < 1.29 is 47.8 Å². The minimum atomic E-state index is -1.69. The van der Waals surface area contributed by atoms with Crippen LogP contribution < -0.4 is 21.3 Å². The van der Waals surface area contributed by atoms with Gasteiger partial charge in [0.15, 0.2) is 0 Å². The van der Waals surface area contributed by atoms with Crippen LogP contribution in [-0.2, 0) is 44.6 Å². The number of carbonyl (C=O) groups excluding carboxylic acids is 7. The highest BCUT2D eigenvalue weighted by atomic mass is 35.5. The van der Waals surface area contributed by atoms with E-state index in [9.17, 15) is 33.6 Å². The zero-order chi connectivity index (χ0) is 47.7. The molecule has 0 unspecified atom stereocenters. The van der Waals surface area contributed by atoms with E-state index in [1.807, 2.05) is 0 Å². The summed E-state index contributed by atoms with van der Waals surface area (Å²) in [5, 5.41) is 11.7.